The Hall–Kier alpha value is -3.45. The summed E-state index contributed by atoms with van der Waals surface area (Å²) in [6.45, 7) is 5.07. The Balaban J connectivity index is 1.58. The largest absolute Gasteiger partial charge is 0.274 e. The molecule has 0 saturated carbocycles. The SMILES string of the molecule is CCCCCCCCN1C(=O)c2ccc3c4c(c(-c5ccccc5SC)cc(c24)C1=O)C(=O)N(CCCCCCCC)C3=O. The van der Waals surface area contributed by atoms with Gasteiger partial charge in [-0.25, -0.2) is 0 Å². The number of thioether (sulfide) groups is 1. The van der Waals surface area contributed by atoms with Crippen LogP contribution in [0.25, 0.3) is 21.9 Å². The first-order chi connectivity index (χ1) is 21.4. The Morgan fingerprint density at radius 3 is 1.61 bits per heavy atom. The third-order valence-corrected chi connectivity index (χ3v) is 9.83. The summed E-state index contributed by atoms with van der Waals surface area (Å²) in [6.07, 6.45) is 14.6. The molecule has 2 heterocycles. The number of hydrogen-bond acceptors (Lipinski definition) is 5. The highest BCUT2D eigenvalue weighted by Crippen LogP contribution is 2.44. The summed E-state index contributed by atoms with van der Waals surface area (Å²) in [5, 5.41) is 0.888. The summed E-state index contributed by atoms with van der Waals surface area (Å²) in [5.74, 6) is -1.39. The first-order valence-corrected chi connectivity index (χ1v) is 17.7. The van der Waals surface area contributed by atoms with E-state index in [2.05, 4.69) is 13.8 Å². The number of unbranched alkanes of at least 4 members (excludes halogenated alkanes) is 10. The Labute approximate surface area is 265 Å². The van der Waals surface area contributed by atoms with Gasteiger partial charge in [0.25, 0.3) is 23.6 Å². The molecule has 7 heteroatoms. The zero-order valence-corrected chi connectivity index (χ0v) is 27.2. The van der Waals surface area contributed by atoms with Gasteiger partial charge in [-0.1, -0.05) is 96.3 Å². The fourth-order valence-electron chi connectivity index (χ4n) is 6.65. The van der Waals surface area contributed by atoms with Crippen LogP contribution in [0.3, 0.4) is 0 Å². The predicted molar refractivity (Wildman–Crippen MR) is 179 cm³/mol. The molecule has 232 valence electrons. The lowest BCUT2D eigenvalue weighted by Crippen LogP contribution is -2.44. The molecule has 0 atom stereocenters. The first kappa shape index (κ1) is 32.0. The molecule has 2 aliphatic rings. The van der Waals surface area contributed by atoms with Gasteiger partial charge in [-0.15, -0.1) is 11.8 Å². The molecular formula is C37H44N2O4S. The van der Waals surface area contributed by atoms with Gasteiger partial charge in [0.15, 0.2) is 0 Å². The lowest BCUT2D eigenvalue weighted by molar-refractivity contribution is 0.0586. The molecular weight excluding hydrogens is 568 g/mol. The number of nitrogens with zero attached hydrogens (tertiary/aromatic N) is 2. The van der Waals surface area contributed by atoms with E-state index in [-0.39, 0.29) is 23.6 Å². The van der Waals surface area contributed by atoms with Crippen molar-refractivity contribution in [3.63, 3.8) is 0 Å². The smallest absolute Gasteiger partial charge is 0.262 e. The zero-order valence-electron chi connectivity index (χ0n) is 26.4. The number of benzene rings is 3. The molecule has 0 N–H and O–H groups in total. The third kappa shape index (κ3) is 6.08. The van der Waals surface area contributed by atoms with Crippen LogP contribution in [0.15, 0.2) is 47.4 Å². The molecule has 6 nitrogen and oxygen atoms in total. The summed E-state index contributed by atoms with van der Waals surface area (Å²) in [4.78, 5) is 59.7. The minimum Gasteiger partial charge on any atom is -0.274 e. The molecule has 44 heavy (non-hydrogen) atoms. The molecule has 0 unspecified atom stereocenters. The highest BCUT2D eigenvalue weighted by Gasteiger charge is 2.41. The average molecular weight is 613 g/mol. The maximum atomic E-state index is 14.3. The van der Waals surface area contributed by atoms with Crippen molar-refractivity contribution in [2.75, 3.05) is 19.3 Å². The zero-order chi connectivity index (χ0) is 31.2. The summed E-state index contributed by atoms with van der Waals surface area (Å²) in [6, 6.07) is 13.0. The van der Waals surface area contributed by atoms with Crippen molar-refractivity contribution < 1.29 is 19.2 Å². The van der Waals surface area contributed by atoms with Crippen LogP contribution in [0.5, 0.6) is 0 Å². The minimum absolute atomic E-state index is 0.347. The van der Waals surface area contributed by atoms with Gasteiger partial charge in [-0.05, 0) is 54.5 Å². The summed E-state index contributed by atoms with van der Waals surface area (Å²) < 4.78 is 0. The van der Waals surface area contributed by atoms with Crippen molar-refractivity contribution in [3.05, 3.63) is 64.7 Å². The Bertz CT molecular complexity index is 1580. The van der Waals surface area contributed by atoms with Crippen LogP contribution in [0.4, 0.5) is 0 Å². The van der Waals surface area contributed by atoms with E-state index >= 15 is 0 Å². The van der Waals surface area contributed by atoms with Gasteiger partial charge in [0.1, 0.15) is 0 Å². The van der Waals surface area contributed by atoms with Gasteiger partial charge in [0, 0.05) is 45.4 Å². The van der Waals surface area contributed by atoms with E-state index in [0.29, 0.717) is 51.7 Å². The van der Waals surface area contributed by atoms with Crippen LogP contribution in [0.1, 0.15) is 132 Å². The van der Waals surface area contributed by atoms with Gasteiger partial charge < -0.3 is 0 Å². The maximum absolute atomic E-state index is 14.3. The fourth-order valence-corrected chi connectivity index (χ4v) is 7.27. The number of imide groups is 2. The van der Waals surface area contributed by atoms with Crippen LogP contribution < -0.4 is 0 Å². The van der Waals surface area contributed by atoms with Crippen molar-refractivity contribution in [1.82, 2.24) is 9.80 Å². The standard InChI is InChI=1S/C37H44N2O4S/c1-4-6-8-10-12-16-22-38-34(40)26-20-21-27-32-31(26)29(36(38)42)24-28(25-18-14-15-19-30(25)44-3)33(32)37(43)39(35(27)41)23-17-13-11-9-7-5-2/h14-15,18-21,24H,4-13,16-17,22-23H2,1-3H3. The molecule has 0 fully saturated rings. The van der Waals surface area contributed by atoms with E-state index in [0.717, 1.165) is 74.7 Å². The van der Waals surface area contributed by atoms with E-state index in [1.165, 1.54) is 22.6 Å². The van der Waals surface area contributed by atoms with E-state index in [4.69, 9.17) is 0 Å². The number of carbonyl (C=O) groups excluding carboxylic acids is 4. The van der Waals surface area contributed by atoms with Crippen molar-refractivity contribution in [2.24, 2.45) is 0 Å². The van der Waals surface area contributed by atoms with Crippen LogP contribution >= 0.6 is 11.8 Å². The molecule has 5 rings (SSSR count). The van der Waals surface area contributed by atoms with Gasteiger partial charge in [0.2, 0.25) is 0 Å². The second-order valence-electron chi connectivity index (χ2n) is 12.0. The Morgan fingerprint density at radius 2 is 1.02 bits per heavy atom. The van der Waals surface area contributed by atoms with Crippen molar-refractivity contribution in [1.29, 1.82) is 0 Å². The van der Waals surface area contributed by atoms with Crippen molar-refractivity contribution in [2.45, 2.75) is 95.8 Å². The highest BCUT2D eigenvalue weighted by molar-refractivity contribution is 7.98. The van der Waals surface area contributed by atoms with Crippen LogP contribution in [-0.4, -0.2) is 52.8 Å². The van der Waals surface area contributed by atoms with Crippen molar-refractivity contribution >= 4 is 46.2 Å². The van der Waals surface area contributed by atoms with Crippen LogP contribution in [0.2, 0.25) is 0 Å². The lowest BCUT2D eigenvalue weighted by Gasteiger charge is -2.33. The van der Waals surface area contributed by atoms with Gasteiger partial charge >= 0.3 is 0 Å². The number of carbonyl (C=O) groups is 4. The summed E-state index contributed by atoms with van der Waals surface area (Å²) >= 11 is 1.57. The maximum Gasteiger partial charge on any atom is 0.262 e. The normalized spacial score (nSPS) is 14.3. The molecule has 2 aliphatic heterocycles. The lowest BCUT2D eigenvalue weighted by atomic mass is 9.81. The quantitative estimate of drug-likeness (QED) is 0.0916. The molecule has 0 bridgehead atoms. The summed E-state index contributed by atoms with van der Waals surface area (Å²) in [5.41, 5.74) is 3.07. The molecule has 3 aromatic carbocycles. The van der Waals surface area contributed by atoms with Crippen LogP contribution in [0, 0.1) is 0 Å². The number of amides is 4. The predicted octanol–water partition coefficient (Wildman–Crippen LogP) is 9.14. The molecule has 0 spiro atoms. The highest BCUT2D eigenvalue weighted by atomic mass is 32.2. The third-order valence-electron chi connectivity index (χ3n) is 9.04. The minimum atomic E-state index is -0.350. The fraction of sp³-hybridized carbons (Fsp3) is 0.459. The van der Waals surface area contributed by atoms with Gasteiger partial charge in [0.05, 0.1) is 5.56 Å². The first-order valence-electron chi connectivity index (χ1n) is 16.4. The second kappa shape index (κ2) is 14.6. The Kier molecular flexibility index (Phi) is 10.6. The second-order valence-corrected chi connectivity index (χ2v) is 12.9. The Morgan fingerprint density at radius 1 is 0.523 bits per heavy atom. The summed E-state index contributed by atoms with van der Waals surface area (Å²) in [7, 11) is 0. The number of hydrogen-bond donors (Lipinski definition) is 0. The van der Waals surface area contributed by atoms with Gasteiger partial charge in [-0.2, -0.15) is 0 Å². The van der Waals surface area contributed by atoms with E-state index < -0.39 is 0 Å². The molecule has 4 amide bonds. The number of rotatable bonds is 16. The monoisotopic (exact) mass is 612 g/mol. The molecule has 0 radical (unpaired) electrons. The van der Waals surface area contributed by atoms with Crippen molar-refractivity contribution in [3.8, 4) is 11.1 Å². The molecule has 0 aliphatic carbocycles. The average Bonchev–Trinajstić information content (AvgIpc) is 3.04. The van der Waals surface area contributed by atoms with E-state index in [1.807, 2.05) is 30.5 Å². The molecule has 0 saturated heterocycles. The van der Waals surface area contributed by atoms with E-state index in [1.54, 1.807) is 30.0 Å². The molecule has 0 aromatic heterocycles. The van der Waals surface area contributed by atoms with E-state index in [9.17, 15) is 19.2 Å². The van der Waals surface area contributed by atoms with Gasteiger partial charge in [-0.3, -0.25) is 29.0 Å². The molecule has 3 aromatic rings. The van der Waals surface area contributed by atoms with Crippen LogP contribution in [-0.2, 0) is 0 Å². The topological polar surface area (TPSA) is 74.8 Å².